The number of aromatic nitrogens is 1. The smallest absolute Gasteiger partial charge is 0.203 e. The monoisotopic (exact) mass is 436 g/mol. The number of H-pyrrole nitrogens is 1. The molecule has 0 amide bonds. The quantitative estimate of drug-likeness (QED) is 0.433. The van der Waals surface area contributed by atoms with Crippen LogP contribution in [0.4, 0.5) is 11.5 Å². The van der Waals surface area contributed by atoms with Gasteiger partial charge in [-0.2, -0.15) is 0 Å². The number of pyridine rings is 1. The van der Waals surface area contributed by atoms with Crippen molar-refractivity contribution in [2.75, 3.05) is 5.32 Å². The van der Waals surface area contributed by atoms with Crippen molar-refractivity contribution in [1.82, 2.24) is 4.98 Å². The van der Waals surface area contributed by atoms with Crippen molar-refractivity contribution in [2.24, 2.45) is 5.92 Å². The van der Waals surface area contributed by atoms with Gasteiger partial charge in [0.2, 0.25) is 5.43 Å². The first-order valence-electron chi connectivity index (χ1n) is 8.79. The van der Waals surface area contributed by atoms with Crippen molar-refractivity contribution < 1.29 is 4.79 Å². The highest BCUT2D eigenvalue weighted by molar-refractivity contribution is 6.36. The molecule has 0 spiro atoms. The van der Waals surface area contributed by atoms with Crippen LogP contribution in [0.1, 0.15) is 36.2 Å². The minimum Gasteiger partial charge on any atom is -0.340 e. The first kappa shape index (κ1) is 20.7. The van der Waals surface area contributed by atoms with Gasteiger partial charge in [0.25, 0.3) is 0 Å². The maximum absolute atomic E-state index is 13.3. The summed E-state index contributed by atoms with van der Waals surface area (Å²) >= 11 is 18.5. The van der Waals surface area contributed by atoms with Gasteiger partial charge in [0.15, 0.2) is 5.78 Å². The van der Waals surface area contributed by atoms with E-state index in [0.29, 0.717) is 31.7 Å². The van der Waals surface area contributed by atoms with Crippen LogP contribution in [0.5, 0.6) is 0 Å². The Balaban J connectivity index is 2.28. The SMILES string of the molecule is Cc1ccc(Cl)c2c(=O)c(C(=O)CC(C)C)c(Nc3ccc(Cl)cc3Cl)[nH]c12. The molecule has 0 saturated carbocycles. The highest BCUT2D eigenvalue weighted by atomic mass is 35.5. The molecule has 0 atom stereocenters. The number of carbonyl (C=O) groups excluding carboxylic acids is 1. The molecule has 7 heteroatoms. The molecule has 146 valence electrons. The number of hydrogen-bond acceptors (Lipinski definition) is 3. The number of anilines is 2. The van der Waals surface area contributed by atoms with Crippen LogP contribution >= 0.6 is 34.8 Å². The number of fused-ring (bicyclic) bond motifs is 1. The van der Waals surface area contributed by atoms with Crippen LogP contribution in [-0.2, 0) is 0 Å². The average Bonchev–Trinajstić information content (AvgIpc) is 2.59. The number of Topliss-reactive ketones (excluding diaryl/α,β-unsaturated/α-hetero) is 1. The Morgan fingerprint density at radius 2 is 1.82 bits per heavy atom. The van der Waals surface area contributed by atoms with Crippen LogP contribution in [0.25, 0.3) is 10.9 Å². The van der Waals surface area contributed by atoms with Crippen LogP contribution in [0.3, 0.4) is 0 Å². The number of aromatic amines is 1. The molecule has 0 saturated heterocycles. The first-order chi connectivity index (χ1) is 13.2. The van der Waals surface area contributed by atoms with Crippen molar-refractivity contribution in [3.63, 3.8) is 0 Å². The molecule has 0 aliphatic rings. The molecule has 1 heterocycles. The van der Waals surface area contributed by atoms with Gasteiger partial charge in [0, 0.05) is 11.4 Å². The number of aryl methyl sites for hydroxylation is 1. The minimum absolute atomic E-state index is 0.0414. The van der Waals surface area contributed by atoms with Gasteiger partial charge in [-0.25, -0.2) is 0 Å². The first-order valence-corrected chi connectivity index (χ1v) is 9.92. The second kappa shape index (κ2) is 8.16. The van der Waals surface area contributed by atoms with Crippen LogP contribution in [0, 0.1) is 12.8 Å². The van der Waals surface area contributed by atoms with Gasteiger partial charge in [0.05, 0.1) is 26.6 Å². The minimum atomic E-state index is -0.402. The van der Waals surface area contributed by atoms with E-state index >= 15 is 0 Å². The Bertz CT molecular complexity index is 1140. The van der Waals surface area contributed by atoms with Crippen LogP contribution in [-0.4, -0.2) is 10.8 Å². The van der Waals surface area contributed by atoms with Gasteiger partial charge < -0.3 is 10.3 Å². The van der Waals surface area contributed by atoms with E-state index in [2.05, 4.69) is 10.3 Å². The molecule has 2 aromatic carbocycles. The summed E-state index contributed by atoms with van der Waals surface area (Å²) in [6, 6.07) is 8.42. The summed E-state index contributed by atoms with van der Waals surface area (Å²) in [6.07, 6.45) is 0.237. The summed E-state index contributed by atoms with van der Waals surface area (Å²) < 4.78 is 0. The molecule has 3 aromatic rings. The lowest BCUT2D eigenvalue weighted by Gasteiger charge is -2.16. The summed E-state index contributed by atoms with van der Waals surface area (Å²) in [5.41, 5.74) is 1.58. The number of hydrogen-bond donors (Lipinski definition) is 2. The number of rotatable bonds is 5. The van der Waals surface area contributed by atoms with Crippen molar-refractivity contribution >= 4 is 63.0 Å². The van der Waals surface area contributed by atoms with Crippen molar-refractivity contribution in [3.8, 4) is 0 Å². The van der Waals surface area contributed by atoms with Gasteiger partial charge in [-0.1, -0.05) is 54.7 Å². The van der Waals surface area contributed by atoms with Crippen molar-refractivity contribution in [3.05, 3.63) is 66.7 Å². The van der Waals surface area contributed by atoms with E-state index in [1.54, 1.807) is 24.3 Å². The molecular weight excluding hydrogens is 419 g/mol. The Hall–Kier alpha value is -2.01. The lowest BCUT2D eigenvalue weighted by molar-refractivity contribution is 0.0967. The number of benzene rings is 2. The zero-order valence-electron chi connectivity index (χ0n) is 15.6. The molecule has 0 aliphatic carbocycles. The molecule has 1 aromatic heterocycles. The molecule has 0 radical (unpaired) electrons. The molecule has 0 fully saturated rings. The van der Waals surface area contributed by atoms with Gasteiger partial charge in [-0.05, 0) is 42.7 Å². The maximum Gasteiger partial charge on any atom is 0.203 e. The fraction of sp³-hybridized carbons (Fsp3) is 0.238. The third kappa shape index (κ3) is 4.04. The zero-order valence-corrected chi connectivity index (χ0v) is 17.9. The number of ketones is 1. The fourth-order valence-electron chi connectivity index (χ4n) is 3.05. The topological polar surface area (TPSA) is 62.0 Å². The lowest BCUT2D eigenvalue weighted by atomic mass is 9.99. The Morgan fingerprint density at radius 3 is 2.46 bits per heavy atom. The molecule has 0 unspecified atom stereocenters. The number of nitrogens with one attached hydrogen (secondary N) is 2. The third-order valence-corrected chi connectivity index (χ3v) is 5.24. The molecule has 0 bridgehead atoms. The third-order valence-electron chi connectivity index (χ3n) is 4.38. The lowest BCUT2D eigenvalue weighted by Crippen LogP contribution is -2.21. The number of halogens is 3. The van der Waals surface area contributed by atoms with E-state index in [9.17, 15) is 9.59 Å². The highest BCUT2D eigenvalue weighted by Crippen LogP contribution is 2.31. The molecule has 4 nitrogen and oxygen atoms in total. The molecule has 0 aliphatic heterocycles. The van der Waals surface area contributed by atoms with E-state index in [0.717, 1.165) is 5.56 Å². The normalized spacial score (nSPS) is 11.2. The predicted octanol–water partition coefficient (Wildman–Crippen LogP) is 6.77. The summed E-state index contributed by atoms with van der Waals surface area (Å²) in [5.74, 6) is 0.128. The summed E-state index contributed by atoms with van der Waals surface area (Å²) in [6.45, 7) is 5.71. The Morgan fingerprint density at radius 1 is 1.11 bits per heavy atom. The van der Waals surface area contributed by atoms with Crippen LogP contribution in [0.2, 0.25) is 15.1 Å². The van der Waals surface area contributed by atoms with Gasteiger partial charge in [-0.3, -0.25) is 9.59 Å². The second-order valence-corrected chi connectivity index (χ2v) is 8.34. The van der Waals surface area contributed by atoms with E-state index in [-0.39, 0.29) is 29.5 Å². The molecular formula is C21H19Cl3N2O2. The molecule has 3 rings (SSSR count). The van der Waals surface area contributed by atoms with E-state index in [1.165, 1.54) is 0 Å². The van der Waals surface area contributed by atoms with Crippen LogP contribution in [0.15, 0.2) is 35.1 Å². The van der Waals surface area contributed by atoms with E-state index in [4.69, 9.17) is 34.8 Å². The largest absolute Gasteiger partial charge is 0.340 e. The van der Waals surface area contributed by atoms with Crippen molar-refractivity contribution in [2.45, 2.75) is 27.2 Å². The van der Waals surface area contributed by atoms with Gasteiger partial charge in [-0.15, -0.1) is 0 Å². The summed E-state index contributed by atoms with van der Waals surface area (Å²) in [5, 5.41) is 4.56. The number of carbonyl (C=O) groups is 1. The standard InChI is InChI=1S/C21H19Cl3N2O2/c1-10(2)8-16(27)18-20(28)17-13(23)6-4-11(3)19(17)26-21(18)25-15-7-5-12(22)9-14(15)24/h4-7,9-10H,8H2,1-3H3,(H2,25,26,28). The van der Waals surface area contributed by atoms with Crippen molar-refractivity contribution in [1.29, 1.82) is 0 Å². The Kier molecular flexibility index (Phi) is 6.04. The fourth-order valence-corrected chi connectivity index (χ4v) is 3.75. The highest BCUT2D eigenvalue weighted by Gasteiger charge is 2.22. The maximum atomic E-state index is 13.3. The summed E-state index contributed by atoms with van der Waals surface area (Å²) in [7, 11) is 0. The van der Waals surface area contributed by atoms with E-state index < -0.39 is 5.43 Å². The second-order valence-electron chi connectivity index (χ2n) is 7.09. The molecule has 28 heavy (non-hydrogen) atoms. The van der Waals surface area contributed by atoms with Gasteiger partial charge >= 0.3 is 0 Å². The zero-order chi connectivity index (χ0) is 20.6. The summed E-state index contributed by atoms with van der Waals surface area (Å²) in [4.78, 5) is 29.3. The molecule has 2 N–H and O–H groups in total. The predicted molar refractivity (Wildman–Crippen MR) is 118 cm³/mol. The Labute approximate surface area is 177 Å². The van der Waals surface area contributed by atoms with Gasteiger partial charge in [0.1, 0.15) is 11.4 Å². The van der Waals surface area contributed by atoms with Crippen LogP contribution < -0.4 is 10.7 Å². The van der Waals surface area contributed by atoms with E-state index in [1.807, 2.05) is 26.8 Å². The average molecular weight is 438 g/mol.